The Morgan fingerprint density at radius 1 is 1.11 bits per heavy atom. The third kappa shape index (κ3) is 4.46. The van der Waals surface area contributed by atoms with E-state index in [0.29, 0.717) is 5.56 Å². The van der Waals surface area contributed by atoms with Crippen molar-refractivity contribution < 1.29 is 32.2 Å². The van der Waals surface area contributed by atoms with Crippen LogP contribution in [0.5, 0.6) is 5.75 Å². The van der Waals surface area contributed by atoms with E-state index in [1.807, 2.05) is 0 Å². The van der Waals surface area contributed by atoms with E-state index in [-0.39, 0.29) is 12.2 Å². The van der Waals surface area contributed by atoms with Gasteiger partial charge in [0.05, 0.1) is 0 Å². The fourth-order valence-electron chi connectivity index (χ4n) is 2.66. The first-order valence-electron chi connectivity index (χ1n) is 7.93. The molecule has 0 saturated carbocycles. The molecule has 5 nitrogen and oxygen atoms in total. The largest absolute Gasteiger partial charge is 0.573 e. The number of imide groups is 1. The fourth-order valence-corrected chi connectivity index (χ4v) is 2.66. The minimum Gasteiger partial charge on any atom is -0.446 e. The van der Waals surface area contributed by atoms with Crippen molar-refractivity contribution in [2.24, 2.45) is 0 Å². The summed E-state index contributed by atoms with van der Waals surface area (Å²) in [7, 11) is 0. The Morgan fingerprint density at radius 3 is 2.48 bits per heavy atom. The molecule has 0 bridgehead atoms. The topological polar surface area (TPSA) is 55.8 Å². The molecule has 2 aromatic carbocycles. The summed E-state index contributed by atoms with van der Waals surface area (Å²) in [4.78, 5) is 25.4. The summed E-state index contributed by atoms with van der Waals surface area (Å²) in [6, 6.07) is 13.6. The summed E-state index contributed by atoms with van der Waals surface area (Å²) in [5.41, 5.74) is 0.762. The first-order chi connectivity index (χ1) is 12.8. The van der Waals surface area contributed by atoms with Gasteiger partial charge in [0.1, 0.15) is 18.4 Å². The summed E-state index contributed by atoms with van der Waals surface area (Å²) < 4.78 is 46.3. The van der Waals surface area contributed by atoms with Crippen molar-refractivity contribution in [2.75, 3.05) is 6.61 Å². The molecule has 0 radical (unpaired) electrons. The monoisotopic (exact) mass is 377 g/mol. The number of amides is 2. The van der Waals surface area contributed by atoms with Crippen molar-refractivity contribution in [2.45, 2.75) is 12.4 Å². The van der Waals surface area contributed by atoms with Gasteiger partial charge in [-0.3, -0.25) is 4.79 Å². The highest BCUT2D eigenvalue weighted by atomic mass is 19.4. The molecule has 8 heteroatoms. The summed E-state index contributed by atoms with van der Waals surface area (Å²) in [5.74, 6) is -1.15. The molecular weight excluding hydrogens is 363 g/mol. The van der Waals surface area contributed by atoms with E-state index in [1.165, 1.54) is 18.2 Å². The van der Waals surface area contributed by atoms with Crippen LogP contribution in [0.3, 0.4) is 0 Å². The van der Waals surface area contributed by atoms with Crippen LogP contribution in [0.4, 0.5) is 18.0 Å². The number of hydrogen-bond acceptors (Lipinski definition) is 4. The van der Waals surface area contributed by atoms with E-state index in [0.717, 1.165) is 23.1 Å². The Kier molecular flexibility index (Phi) is 5.16. The van der Waals surface area contributed by atoms with Crippen LogP contribution in [0.25, 0.3) is 6.08 Å². The van der Waals surface area contributed by atoms with Crippen molar-refractivity contribution in [3.05, 3.63) is 71.8 Å². The molecule has 0 aromatic heterocycles. The molecule has 0 spiro atoms. The van der Waals surface area contributed by atoms with E-state index in [2.05, 4.69) is 4.74 Å². The molecule has 0 N–H and O–H groups in total. The zero-order valence-corrected chi connectivity index (χ0v) is 13.8. The Balaban J connectivity index is 1.81. The summed E-state index contributed by atoms with van der Waals surface area (Å²) in [6.07, 6.45) is -3.48. The van der Waals surface area contributed by atoms with E-state index in [4.69, 9.17) is 4.74 Å². The zero-order chi connectivity index (χ0) is 19.4. The summed E-state index contributed by atoms with van der Waals surface area (Å²) >= 11 is 0. The maximum Gasteiger partial charge on any atom is 0.573 e. The summed E-state index contributed by atoms with van der Waals surface area (Å²) in [6.45, 7) is 0.0101. The first kappa shape index (κ1) is 18.5. The van der Waals surface area contributed by atoms with Crippen LogP contribution in [-0.4, -0.2) is 29.9 Å². The van der Waals surface area contributed by atoms with Crippen LogP contribution in [-0.2, 0) is 9.53 Å². The average molecular weight is 377 g/mol. The van der Waals surface area contributed by atoms with Crippen LogP contribution in [0.2, 0.25) is 0 Å². The maximum absolute atomic E-state index is 12.5. The van der Waals surface area contributed by atoms with Crippen LogP contribution in [0.1, 0.15) is 17.2 Å². The average Bonchev–Trinajstić information content (AvgIpc) is 3.02. The molecule has 1 saturated heterocycles. The molecule has 1 heterocycles. The van der Waals surface area contributed by atoms with Gasteiger partial charge in [-0.05, 0) is 17.7 Å². The second-order valence-corrected chi connectivity index (χ2v) is 5.63. The molecule has 1 aliphatic heterocycles. The molecule has 0 unspecified atom stereocenters. The Labute approximate surface area is 152 Å². The molecular formula is C19H14F3NO4. The van der Waals surface area contributed by atoms with Gasteiger partial charge in [0, 0.05) is 11.6 Å². The van der Waals surface area contributed by atoms with Gasteiger partial charge in [-0.25, -0.2) is 9.69 Å². The minimum atomic E-state index is -4.86. The number of ether oxygens (including phenoxy) is 2. The van der Waals surface area contributed by atoms with E-state index in [9.17, 15) is 22.8 Å². The molecule has 2 aromatic rings. The number of cyclic esters (lactones) is 1. The lowest BCUT2D eigenvalue weighted by atomic mass is 10.1. The molecule has 1 aliphatic rings. The van der Waals surface area contributed by atoms with Gasteiger partial charge in [0.25, 0.3) is 5.91 Å². The van der Waals surface area contributed by atoms with Crippen molar-refractivity contribution in [1.82, 2.24) is 4.90 Å². The van der Waals surface area contributed by atoms with Crippen LogP contribution in [0, 0.1) is 0 Å². The molecule has 27 heavy (non-hydrogen) atoms. The number of para-hydroxylation sites is 1. The van der Waals surface area contributed by atoms with Crippen molar-refractivity contribution >= 4 is 18.1 Å². The highest BCUT2D eigenvalue weighted by Gasteiger charge is 2.38. The fraction of sp³-hybridized carbons (Fsp3) is 0.158. The number of alkyl halides is 3. The van der Waals surface area contributed by atoms with Crippen LogP contribution < -0.4 is 4.74 Å². The predicted molar refractivity (Wildman–Crippen MR) is 89.5 cm³/mol. The second kappa shape index (κ2) is 7.53. The lowest BCUT2D eigenvalue weighted by molar-refractivity contribution is -0.274. The van der Waals surface area contributed by atoms with Gasteiger partial charge < -0.3 is 9.47 Å². The number of hydrogen-bond donors (Lipinski definition) is 0. The maximum atomic E-state index is 12.5. The normalized spacial score (nSPS) is 17.2. The standard InChI is InChI=1S/C19H14F3NO4/c20-19(21,22)27-16-9-5-4-8-14(16)10-11-17(24)23-15(12-26-18(23)25)13-6-2-1-3-7-13/h1-11,15H,12H2/b11-10+/t15-/m1/s1. The molecule has 3 rings (SSSR count). The number of carbonyl (C=O) groups excluding carboxylic acids is 2. The number of benzene rings is 2. The van der Waals surface area contributed by atoms with Crippen molar-refractivity contribution in [3.8, 4) is 5.75 Å². The number of carbonyl (C=O) groups is 2. The van der Waals surface area contributed by atoms with E-state index >= 15 is 0 Å². The molecule has 0 aliphatic carbocycles. The van der Waals surface area contributed by atoms with Gasteiger partial charge in [-0.1, -0.05) is 48.5 Å². The van der Waals surface area contributed by atoms with Crippen molar-refractivity contribution in [3.63, 3.8) is 0 Å². The highest BCUT2D eigenvalue weighted by molar-refractivity contribution is 6.02. The third-order valence-electron chi connectivity index (χ3n) is 3.84. The minimum absolute atomic E-state index is 0.0101. The highest BCUT2D eigenvalue weighted by Crippen LogP contribution is 2.29. The van der Waals surface area contributed by atoms with E-state index < -0.39 is 30.2 Å². The first-order valence-corrected chi connectivity index (χ1v) is 7.93. The van der Waals surface area contributed by atoms with Gasteiger partial charge in [-0.15, -0.1) is 13.2 Å². The molecule has 1 atom stereocenters. The number of rotatable bonds is 4. The number of halogens is 3. The second-order valence-electron chi connectivity index (χ2n) is 5.63. The van der Waals surface area contributed by atoms with Crippen LogP contribution in [0.15, 0.2) is 60.7 Å². The zero-order valence-electron chi connectivity index (χ0n) is 13.8. The Bertz CT molecular complexity index is 865. The Hall–Kier alpha value is -3.29. The van der Waals surface area contributed by atoms with Crippen molar-refractivity contribution in [1.29, 1.82) is 0 Å². The Morgan fingerprint density at radius 2 is 1.78 bits per heavy atom. The predicted octanol–water partition coefficient (Wildman–Crippen LogP) is 4.32. The molecule has 1 fully saturated rings. The van der Waals surface area contributed by atoms with Gasteiger partial charge in [0.15, 0.2) is 0 Å². The van der Waals surface area contributed by atoms with E-state index in [1.54, 1.807) is 30.3 Å². The van der Waals surface area contributed by atoms with Gasteiger partial charge in [-0.2, -0.15) is 0 Å². The number of nitrogens with zero attached hydrogens (tertiary/aromatic N) is 1. The lowest BCUT2D eigenvalue weighted by Gasteiger charge is -2.18. The van der Waals surface area contributed by atoms with Crippen LogP contribution >= 0.6 is 0 Å². The SMILES string of the molecule is O=C(/C=C/c1ccccc1OC(F)(F)F)N1C(=O)OC[C@@H]1c1ccccc1. The molecule has 140 valence electrons. The molecule has 2 amide bonds. The summed E-state index contributed by atoms with van der Waals surface area (Å²) in [5, 5.41) is 0. The smallest absolute Gasteiger partial charge is 0.446 e. The quantitative estimate of drug-likeness (QED) is 0.745. The van der Waals surface area contributed by atoms with Gasteiger partial charge >= 0.3 is 12.5 Å². The third-order valence-corrected chi connectivity index (χ3v) is 3.84. The lowest BCUT2D eigenvalue weighted by Crippen LogP contribution is -2.32. The van der Waals surface area contributed by atoms with Gasteiger partial charge in [0.2, 0.25) is 0 Å².